The maximum absolute atomic E-state index is 10.2. The van der Waals surface area contributed by atoms with Crippen molar-refractivity contribution in [2.24, 2.45) is 11.8 Å². The lowest BCUT2D eigenvalue weighted by atomic mass is 10.3. The molecule has 2 nitrogen and oxygen atoms in total. The summed E-state index contributed by atoms with van der Waals surface area (Å²) in [4.78, 5) is 10.2. The maximum atomic E-state index is 10.2. The lowest BCUT2D eigenvalue weighted by Gasteiger charge is -1.81. The highest BCUT2D eigenvalue weighted by Gasteiger charge is 2.41. The van der Waals surface area contributed by atoms with E-state index >= 15 is 0 Å². The molecule has 1 N–H and O–H groups in total. The molecule has 2 heteroatoms. The Bertz CT molecular complexity index is 171. The number of aliphatic carboxylic acids is 1. The SMILES string of the molecule is C=C=CC1CC1C(=O)O. The molecule has 1 aliphatic carbocycles. The third-order valence-corrected chi connectivity index (χ3v) is 1.49. The van der Waals surface area contributed by atoms with E-state index in [9.17, 15) is 4.79 Å². The minimum absolute atomic E-state index is 0.153. The van der Waals surface area contributed by atoms with E-state index in [1.807, 2.05) is 0 Å². The van der Waals surface area contributed by atoms with Gasteiger partial charge in [-0.2, -0.15) is 0 Å². The quantitative estimate of drug-likeness (QED) is 0.558. The molecule has 0 bridgehead atoms. The van der Waals surface area contributed by atoms with Gasteiger partial charge in [0.2, 0.25) is 0 Å². The molecule has 0 aliphatic heterocycles. The van der Waals surface area contributed by atoms with Crippen molar-refractivity contribution in [3.05, 3.63) is 18.4 Å². The summed E-state index contributed by atoms with van der Waals surface area (Å²) in [5, 5.41) is 8.38. The molecule has 1 aliphatic rings. The summed E-state index contributed by atoms with van der Waals surface area (Å²) in [6.07, 6.45) is 2.48. The zero-order valence-electron chi connectivity index (χ0n) is 5.00. The molecule has 0 spiro atoms. The van der Waals surface area contributed by atoms with Gasteiger partial charge in [-0.05, 0) is 18.4 Å². The van der Waals surface area contributed by atoms with Gasteiger partial charge in [0, 0.05) is 0 Å². The molecule has 0 aromatic rings. The number of hydrogen-bond acceptors (Lipinski definition) is 1. The third-order valence-electron chi connectivity index (χ3n) is 1.49. The van der Waals surface area contributed by atoms with Crippen molar-refractivity contribution in [3.63, 3.8) is 0 Å². The third kappa shape index (κ3) is 1.21. The van der Waals surface area contributed by atoms with Crippen molar-refractivity contribution < 1.29 is 9.90 Å². The summed E-state index contributed by atoms with van der Waals surface area (Å²) in [6.45, 7) is 3.36. The molecule has 2 atom stereocenters. The van der Waals surface area contributed by atoms with Gasteiger partial charge in [-0.3, -0.25) is 4.79 Å². The Morgan fingerprint density at radius 1 is 1.89 bits per heavy atom. The highest BCUT2D eigenvalue weighted by atomic mass is 16.4. The van der Waals surface area contributed by atoms with Crippen LogP contribution >= 0.6 is 0 Å². The van der Waals surface area contributed by atoms with Crippen LogP contribution in [0.2, 0.25) is 0 Å². The van der Waals surface area contributed by atoms with Crippen LogP contribution in [0.1, 0.15) is 6.42 Å². The molecular formula is C7H8O2. The lowest BCUT2D eigenvalue weighted by molar-refractivity contribution is -0.138. The Labute approximate surface area is 53.5 Å². The number of rotatable bonds is 2. The molecule has 0 amide bonds. The normalized spacial score (nSPS) is 30.7. The van der Waals surface area contributed by atoms with Crippen LogP contribution in [0.5, 0.6) is 0 Å². The second-order valence-electron chi connectivity index (χ2n) is 2.22. The van der Waals surface area contributed by atoms with E-state index < -0.39 is 5.97 Å². The van der Waals surface area contributed by atoms with Crippen molar-refractivity contribution in [2.45, 2.75) is 6.42 Å². The van der Waals surface area contributed by atoms with Crippen LogP contribution < -0.4 is 0 Å². The lowest BCUT2D eigenvalue weighted by Crippen LogP contribution is -1.97. The average molecular weight is 124 g/mol. The molecule has 0 radical (unpaired) electrons. The fraction of sp³-hybridized carbons (Fsp3) is 0.429. The summed E-state index contributed by atoms with van der Waals surface area (Å²) in [5.41, 5.74) is 2.58. The highest BCUT2D eigenvalue weighted by molar-refractivity contribution is 5.73. The molecule has 0 heterocycles. The minimum atomic E-state index is -0.702. The second-order valence-corrected chi connectivity index (χ2v) is 2.22. The van der Waals surface area contributed by atoms with Gasteiger partial charge in [0.15, 0.2) is 0 Å². The summed E-state index contributed by atoms with van der Waals surface area (Å²) in [5.74, 6) is -0.647. The summed E-state index contributed by atoms with van der Waals surface area (Å²) in [6, 6.07) is 0. The topological polar surface area (TPSA) is 37.3 Å². The van der Waals surface area contributed by atoms with Crippen LogP contribution in [0, 0.1) is 11.8 Å². The molecular weight excluding hydrogens is 116 g/mol. The van der Waals surface area contributed by atoms with Crippen LogP contribution in [0.3, 0.4) is 0 Å². The maximum Gasteiger partial charge on any atom is 0.307 e. The predicted molar refractivity (Wildman–Crippen MR) is 32.9 cm³/mol. The number of carboxylic acid groups (broad SMARTS) is 1. The smallest absolute Gasteiger partial charge is 0.307 e. The van der Waals surface area contributed by atoms with E-state index in [0.29, 0.717) is 0 Å². The molecule has 1 saturated carbocycles. The Hall–Kier alpha value is -1.01. The zero-order valence-corrected chi connectivity index (χ0v) is 5.00. The second kappa shape index (κ2) is 2.08. The molecule has 0 aromatic carbocycles. The van der Waals surface area contributed by atoms with Crippen molar-refractivity contribution >= 4 is 5.97 Å². The fourth-order valence-corrected chi connectivity index (χ4v) is 0.834. The summed E-state index contributed by atoms with van der Waals surface area (Å²) < 4.78 is 0. The van der Waals surface area contributed by atoms with E-state index in [4.69, 9.17) is 5.11 Å². The molecule has 1 rings (SSSR count). The van der Waals surface area contributed by atoms with Gasteiger partial charge in [-0.15, -0.1) is 5.73 Å². The first-order chi connectivity index (χ1) is 4.25. The highest BCUT2D eigenvalue weighted by Crippen LogP contribution is 2.39. The van der Waals surface area contributed by atoms with Crippen LogP contribution in [0.15, 0.2) is 18.4 Å². The molecule has 48 valence electrons. The Balaban J connectivity index is 2.41. The first kappa shape index (κ1) is 6.12. The van der Waals surface area contributed by atoms with Crippen molar-refractivity contribution in [1.82, 2.24) is 0 Å². The standard InChI is InChI=1S/C7H8O2/c1-2-3-5-4-6(5)7(8)9/h3,5-6H,1,4H2,(H,8,9). The van der Waals surface area contributed by atoms with E-state index in [-0.39, 0.29) is 11.8 Å². The Kier molecular flexibility index (Phi) is 1.41. The first-order valence-corrected chi connectivity index (χ1v) is 2.84. The molecule has 0 saturated heterocycles. The number of carboxylic acids is 1. The van der Waals surface area contributed by atoms with Crippen molar-refractivity contribution in [3.8, 4) is 0 Å². The number of allylic oxidation sites excluding steroid dienone is 1. The van der Waals surface area contributed by atoms with Crippen LogP contribution in [-0.4, -0.2) is 11.1 Å². The predicted octanol–water partition coefficient (Wildman–Crippen LogP) is 1.05. The van der Waals surface area contributed by atoms with E-state index in [1.54, 1.807) is 6.08 Å². The number of carbonyl (C=O) groups is 1. The van der Waals surface area contributed by atoms with Crippen molar-refractivity contribution in [1.29, 1.82) is 0 Å². The van der Waals surface area contributed by atoms with E-state index in [2.05, 4.69) is 12.3 Å². The Morgan fingerprint density at radius 3 is 2.89 bits per heavy atom. The molecule has 9 heavy (non-hydrogen) atoms. The average Bonchev–Trinajstić information content (AvgIpc) is 2.47. The minimum Gasteiger partial charge on any atom is -0.481 e. The fourth-order valence-electron chi connectivity index (χ4n) is 0.834. The van der Waals surface area contributed by atoms with Crippen LogP contribution in [0.25, 0.3) is 0 Å². The zero-order chi connectivity index (χ0) is 6.85. The molecule has 1 fully saturated rings. The monoisotopic (exact) mass is 124 g/mol. The first-order valence-electron chi connectivity index (χ1n) is 2.84. The van der Waals surface area contributed by atoms with Crippen LogP contribution in [-0.2, 0) is 4.79 Å². The van der Waals surface area contributed by atoms with E-state index in [0.717, 1.165) is 6.42 Å². The van der Waals surface area contributed by atoms with Gasteiger partial charge in [-0.1, -0.05) is 6.58 Å². The largest absolute Gasteiger partial charge is 0.481 e. The Morgan fingerprint density at radius 2 is 2.56 bits per heavy atom. The number of hydrogen-bond donors (Lipinski definition) is 1. The summed E-state index contributed by atoms with van der Waals surface area (Å²) in [7, 11) is 0. The van der Waals surface area contributed by atoms with Gasteiger partial charge in [0.1, 0.15) is 0 Å². The van der Waals surface area contributed by atoms with Gasteiger partial charge < -0.3 is 5.11 Å². The van der Waals surface area contributed by atoms with Crippen LogP contribution in [0.4, 0.5) is 0 Å². The molecule has 2 unspecified atom stereocenters. The van der Waals surface area contributed by atoms with Gasteiger partial charge in [0.25, 0.3) is 0 Å². The van der Waals surface area contributed by atoms with E-state index in [1.165, 1.54) is 0 Å². The van der Waals surface area contributed by atoms with Gasteiger partial charge in [0.05, 0.1) is 5.92 Å². The van der Waals surface area contributed by atoms with Gasteiger partial charge >= 0.3 is 5.97 Å². The molecule has 0 aromatic heterocycles. The van der Waals surface area contributed by atoms with Gasteiger partial charge in [-0.25, -0.2) is 0 Å². The van der Waals surface area contributed by atoms with Crippen molar-refractivity contribution in [2.75, 3.05) is 0 Å². The summed E-state index contributed by atoms with van der Waals surface area (Å²) >= 11 is 0.